The zero-order valence-electron chi connectivity index (χ0n) is 15.8. The summed E-state index contributed by atoms with van der Waals surface area (Å²) < 4.78 is 7.28. The van der Waals surface area contributed by atoms with E-state index in [1.165, 1.54) is 0 Å². The van der Waals surface area contributed by atoms with E-state index < -0.39 is 0 Å². The molecule has 0 spiro atoms. The third kappa shape index (κ3) is 3.92. The fraction of sp³-hybridized carbons (Fsp3) is 0.182. The number of aryl methyl sites for hydroxylation is 2. The summed E-state index contributed by atoms with van der Waals surface area (Å²) in [5.41, 5.74) is 5.01. The van der Waals surface area contributed by atoms with Crippen molar-refractivity contribution in [3.05, 3.63) is 71.4 Å². The summed E-state index contributed by atoms with van der Waals surface area (Å²) in [5.74, 6) is 0.838. The highest BCUT2D eigenvalue weighted by Crippen LogP contribution is 2.26. The molecule has 0 radical (unpaired) electrons. The van der Waals surface area contributed by atoms with Gasteiger partial charge in [0.1, 0.15) is 5.75 Å². The van der Waals surface area contributed by atoms with Gasteiger partial charge in [0, 0.05) is 34.9 Å². The van der Waals surface area contributed by atoms with Crippen molar-refractivity contribution in [1.29, 1.82) is 0 Å². The Bertz CT molecular complexity index is 1110. The Morgan fingerprint density at radius 1 is 1.21 bits per heavy atom. The van der Waals surface area contributed by atoms with E-state index in [-0.39, 0.29) is 5.91 Å². The second-order valence-electron chi connectivity index (χ2n) is 6.65. The lowest BCUT2D eigenvalue weighted by molar-refractivity contribution is -0.116. The summed E-state index contributed by atoms with van der Waals surface area (Å²) in [6.07, 6.45) is 3.12. The predicted octanol–water partition coefficient (Wildman–Crippen LogP) is 4.95. The molecule has 4 rings (SSSR count). The Hall–Kier alpha value is -3.12. The van der Waals surface area contributed by atoms with Crippen LogP contribution in [0.3, 0.4) is 0 Å². The molecule has 0 aliphatic rings. The second-order valence-corrected chi connectivity index (χ2v) is 7.49. The lowest BCUT2D eigenvalue weighted by Crippen LogP contribution is -2.12. The van der Waals surface area contributed by atoms with Gasteiger partial charge in [-0.25, -0.2) is 4.98 Å². The highest BCUT2D eigenvalue weighted by Gasteiger charge is 2.11. The lowest BCUT2D eigenvalue weighted by atomic mass is 10.1. The van der Waals surface area contributed by atoms with E-state index in [2.05, 4.69) is 15.1 Å². The molecule has 0 unspecified atom stereocenters. The smallest absolute Gasteiger partial charge is 0.224 e. The first-order chi connectivity index (χ1) is 13.6. The van der Waals surface area contributed by atoms with Crippen molar-refractivity contribution in [3.63, 3.8) is 0 Å². The van der Waals surface area contributed by atoms with E-state index in [0.29, 0.717) is 12.8 Å². The summed E-state index contributed by atoms with van der Waals surface area (Å²) in [5, 5.41) is 5.03. The second kappa shape index (κ2) is 7.86. The molecule has 1 amide bonds. The van der Waals surface area contributed by atoms with Crippen molar-refractivity contribution in [1.82, 2.24) is 9.38 Å². The average molecular weight is 391 g/mol. The zero-order chi connectivity index (χ0) is 19.5. The predicted molar refractivity (Wildman–Crippen MR) is 113 cm³/mol. The van der Waals surface area contributed by atoms with E-state index in [1.807, 2.05) is 61.7 Å². The Kier molecular flexibility index (Phi) is 5.12. The Labute approximate surface area is 167 Å². The van der Waals surface area contributed by atoms with Gasteiger partial charge in [-0.05, 0) is 55.3 Å². The van der Waals surface area contributed by atoms with Gasteiger partial charge in [0.05, 0.1) is 12.8 Å². The monoisotopic (exact) mass is 391 g/mol. The molecule has 0 bridgehead atoms. The van der Waals surface area contributed by atoms with Gasteiger partial charge in [-0.2, -0.15) is 0 Å². The van der Waals surface area contributed by atoms with Crippen molar-refractivity contribution in [2.75, 3.05) is 12.4 Å². The number of hydrogen-bond donors (Lipinski definition) is 1. The molecule has 2 aromatic carbocycles. The number of imidazole rings is 1. The van der Waals surface area contributed by atoms with Crippen LogP contribution in [0.1, 0.15) is 17.7 Å². The summed E-state index contributed by atoms with van der Waals surface area (Å²) >= 11 is 1.59. The first kappa shape index (κ1) is 18.3. The van der Waals surface area contributed by atoms with Crippen LogP contribution in [-0.2, 0) is 11.2 Å². The molecule has 28 heavy (non-hydrogen) atoms. The third-order valence-corrected chi connectivity index (χ3v) is 5.47. The molecule has 0 aliphatic carbocycles. The van der Waals surface area contributed by atoms with Crippen LogP contribution in [0, 0.1) is 6.92 Å². The van der Waals surface area contributed by atoms with Gasteiger partial charge in [-0.3, -0.25) is 9.20 Å². The fourth-order valence-electron chi connectivity index (χ4n) is 3.10. The molecule has 0 fully saturated rings. The highest BCUT2D eigenvalue weighted by molar-refractivity contribution is 7.15. The van der Waals surface area contributed by atoms with Crippen LogP contribution >= 0.6 is 11.3 Å². The average Bonchev–Trinajstić information content (AvgIpc) is 3.27. The number of fused-ring (bicyclic) bond motifs is 1. The number of anilines is 1. The number of carbonyl (C=O) groups is 1. The van der Waals surface area contributed by atoms with Crippen LogP contribution in [0.5, 0.6) is 5.75 Å². The van der Waals surface area contributed by atoms with E-state index in [0.717, 1.165) is 38.9 Å². The maximum absolute atomic E-state index is 12.3. The van der Waals surface area contributed by atoms with E-state index in [4.69, 9.17) is 9.72 Å². The molecule has 0 aliphatic heterocycles. The summed E-state index contributed by atoms with van der Waals surface area (Å²) in [6.45, 7) is 2.01. The maximum atomic E-state index is 12.3. The molecule has 5 nitrogen and oxygen atoms in total. The van der Waals surface area contributed by atoms with Gasteiger partial charge in [0.25, 0.3) is 0 Å². The van der Waals surface area contributed by atoms with Crippen LogP contribution in [0.15, 0.2) is 60.1 Å². The standard InChI is InChI=1S/C22H21N3O2S/c1-15-4-3-5-17(12-15)23-21(26)11-8-18-14-28-22-24-20(13-25(18)22)16-6-9-19(27-2)10-7-16/h3-7,9-10,12-14H,8,11H2,1-2H3,(H,23,26). The van der Waals surface area contributed by atoms with Crippen LogP contribution in [-0.4, -0.2) is 22.4 Å². The van der Waals surface area contributed by atoms with E-state index >= 15 is 0 Å². The number of nitrogens with one attached hydrogen (secondary N) is 1. The summed E-state index contributed by atoms with van der Waals surface area (Å²) in [4.78, 5) is 17.9. The minimum absolute atomic E-state index is 0.0143. The molecule has 4 aromatic rings. The van der Waals surface area contributed by atoms with Crippen molar-refractivity contribution in [2.45, 2.75) is 19.8 Å². The van der Waals surface area contributed by atoms with E-state index in [9.17, 15) is 4.79 Å². The maximum Gasteiger partial charge on any atom is 0.224 e. The van der Waals surface area contributed by atoms with Crippen molar-refractivity contribution in [2.24, 2.45) is 0 Å². The van der Waals surface area contributed by atoms with Crippen molar-refractivity contribution in [3.8, 4) is 17.0 Å². The van der Waals surface area contributed by atoms with Gasteiger partial charge in [-0.15, -0.1) is 11.3 Å². The molecule has 142 valence electrons. The largest absolute Gasteiger partial charge is 0.497 e. The van der Waals surface area contributed by atoms with Gasteiger partial charge in [-0.1, -0.05) is 12.1 Å². The zero-order valence-corrected chi connectivity index (χ0v) is 16.6. The Morgan fingerprint density at radius 2 is 2.04 bits per heavy atom. The fourth-order valence-corrected chi connectivity index (χ4v) is 4.01. The van der Waals surface area contributed by atoms with Crippen molar-refractivity contribution >= 4 is 27.9 Å². The Balaban J connectivity index is 1.45. The molecule has 0 saturated carbocycles. The normalized spacial score (nSPS) is 10.9. The van der Waals surface area contributed by atoms with Crippen LogP contribution in [0.2, 0.25) is 0 Å². The van der Waals surface area contributed by atoms with Crippen LogP contribution in [0.25, 0.3) is 16.2 Å². The SMILES string of the molecule is COc1ccc(-c2cn3c(CCC(=O)Nc4cccc(C)c4)csc3n2)cc1. The minimum atomic E-state index is 0.0143. The molecular formula is C22H21N3O2S. The molecule has 0 saturated heterocycles. The number of methoxy groups -OCH3 is 1. The topological polar surface area (TPSA) is 55.6 Å². The van der Waals surface area contributed by atoms with E-state index in [1.54, 1.807) is 18.4 Å². The third-order valence-electron chi connectivity index (χ3n) is 4.58. The number of rotatable bonds is 6. The quantitative estimate of drug-likeness (QED) is 0.506. The minimum Gasteiger partial charge on any atom is -0.497 e. The summed E-state index contributed by atoms with van der Waals surface area (Å²) in [6, 6.07) is 15.7. The number of ether oxygens (including phenoxy) is 1. The number of thiazole rings is 1. The highest BCUT2D eigenvalue weighted by atomic mass is 32.1. The van der Waals surface area contributed by atoms with Crippen LogP contribution < -0.4 is 10.1 Å². The Morgan fingerprint density at radius 3 is 2.79 bits per heavy atom. The van der Waals surface area contributed by atoms with Gasteiger partial charge in [0.2, 0.25) is 5.91 Å². The van der Waals surface area contributed by atoms with Gasteiger partial charge in [0.15, 0.2) is 4.96 Å². The molecule has 2 aromatic heterocycles. The lowest BCUT2D eigenvalue weighted by Gasteiger charge is -2.05. The molecule has 6 heteroatoms. The first-order valence-corrected chi connectivity index (χ1v) is 9.97. The number of hydrogen-bond acceptors (Lipinski definition) is 4. The van der Waals surface area contributed by atoms with Gasteiger partial charge >= 0.3 is 0 Å². The van der Waals surface area contributed by atoms with Crippen LogP contribution in [0.4, 0.5) is 5.69 Å². The number of nitrogens with zero attached hydrogens (tertiary/aromatic N) is 2. The molecule has 1 N–H and O–H groups in total. The van der Waals surface area contributed by atoms with Crippen molar-refractivity contribution < 1.29 is 9.53 Å². The molecular weight excluding hydrogens is 370 g/mol. The molecule has 0 atom stereocenters. The van der Waals surface area contributed by atoms with Gasteiger partial charge < -0.3 is 10.1 Å². The summed E-state index contributed by atoms with van der Waals surface area (Å²) in [7, 11) is 1.66. The number of carbonyl (C=O) groups excluding carboxylic acids is 1. The molecule has 2 heterocycles. The first-order valence-electron chi connectivity index (χ1n) is 9.09. The number of benzene rings is 2. The number of amides is 1. The number of aromatic nitrogens is 2.